The van der Waals surface area contributed by atoms with Crippen LogP contribution in [0, 0.1) is 0 Å². The molecule has 0 saturated heterocycles. The van der Waals surface area contributed by atoms with Gasteiger partial charge in [0.15, 0.2) is 0 Å². The minimum absolute atomic E-state index is 0.154. The van der Waals surface area contributed by atoms with Crippen molar-refractivity contribution in [3.05, 3.63) is 181 Å². The van der Waals surface area contributed by atoms with Crippen molar-refractivity contribution in [3.8, 4) is 44.5 Å². The van der Waals surface area contributed by atoms with Crippen LogP contribution < -0.4 is 0 Å². The Bertz CT molecular complexity index is 3340. The quantitative estimate of drug-likeness (QED) is 0.171. The lowest BCUT2D eigenvalue weighted by Crippen LogP contribution is -2.15. The SMILES string of the molecule is CC1(C)c2ccc(-c3ccc4c(c3)oc3cc5oc6ccccc6c5cc34)cc2-c2ccc(-c3c4ccccc4c(-c4ccccc4)c4ccccc34)cc21. The molecule has 0 radical (unpaired) electrons. The van der Waals surface area contributed by atoms with Crippen molar-refractivity contribution in [3.63, 3.8) is 0 Å². The minimum Gasteiger partial charge on any atom is -0.456 e. The summed E-state index contributed by atoms with van der Waals surface area (Å²) >= 11 is 0. The van der Waals surface area contributed by atoms with Crippen molar-refractivity contribution < 1.29 is 8.83 Å². The summed E-state index contributed by atoms with van der Waals surface area (Å²) < 4.78 is 12.7. The van der Waals surface area contributed by atoms with E-state index in [0.29, 0.717) is 0 Å². The van der Waals surface area contributed by atoms with Crippen molar-refractivity contribution in [1.82, 2.24) is 0 Å². The summed E-state index contributed by atoms with van der Waals surface area (Å²) in [6.07, 6.45) is 0. The molecule has 2 heterocycles. The Morgan fingerprint density at radius 1 is 0.309 bits per heavy atom. The molecule has 0 unspecified atom stereocenters. The molecule has 2 aromatic heterocycles. The third-order valence-electron chi connectivity index (χ3n) is 12.3. The van der Waals surface area contributed by atoms with E-state index in [9.17, 15) is 0 Å². The van der Waals surface area contributed by atoms with Gasteiger partial charge in [0.25, 0.3) is 0 Å². The van der Waals surface area contributed by atoms with Crippen molar-refractivity contribution in [2.24, 2.45) is 0 Å². The lowest BCUT2D eigenvalue weighted by molar-refractivity contribution is 0.656. The molecule has 0 bridgehead atoms. The smallest absolute Gasteiger partial charge is 0.139 e. The zero-order chi connectivity index (χ0) is 36.4. The maximum Gasteiger partial charge on any atom is 0.139 e. The van der Waals surface area contributed by atoms with E-state index in [1.54, 1.807) is 0 Å². The number of para-hydroxylation sites is 1. The Morgan fingerprint density at radius 2 is 0.836 bits per heavy atom. The van der Waals surface area contributed by atoms with Crippen molar-refractivity contribution >= 4 is 65.4 Å². The highest BCUT2D eigenvalue weighted by Gasteiger charge is 2.36. The van der Waals surface area contributed by atoms with Crippen LogP contribution in [0.3, 0.4) is 0 Å². The summed E-state index contributed by atoms with van der Waals surface area (Å²) in [6, 6.07) is 61.9. The van der Waals surface area contributed by atoms with Gasteiger partial charge in [-0.25, -0.2) is 0 Å². The summed E-state index contributed by atoms with van der Waals surface area (Å²) in [4.78, 5) is 0. The van der Waals surface area contributed by atoms with E-state index in [1.807, 2.05) is 18.2 Å². The second-order valence-electron chi connectivity index (χ2n) is 15.6. The average Bonchev–Trinajstić information content (AvgIpc) is 3.85. The first kappa shape index (κ1) is 30.6. The van der Waals surface area contributed by atoms with E-state index < -0.39 is 0 Å². The molecule has 0 fully saturated rings. The topological polar surface area (TPSA) is 26.3 Å². The van der Waals surface area contributed by atoms with Gasteiger partial charge in [-0.3, -0.25) is 0 Å². The Balaban J connectivity index is 0.986. The molecule has 11 aromatic rings. The molecule has 0 N–H and O–H groups in total. The fraction of sp³-hybridized carbons (Fsp3) is 0.0566. The summed E-state index contributed by atoms with van der Waals surface area (Å²) in [5, 5.41) is 9.57. The van der Waals surface area contributed by atoms with Gasteiger partial charge in [0.05, 0.1) is 0 Å². The van der Waals surface area contributed by atoms with Gasteiger partial charge < -0.3 is 8.83 Å². The van der Waals surface area contributed by atoms with E-state index in [0.717, 1.165) is 49.4 Å². The van der Waals surface area contributed by atoms with Crippen LogP contribution in [0.2, 0.25) is 0 Å². The average molecular weight is 703 g/mol. The summed E-state index contributed by atoms with van der Waals surface area (Å²) in [7, 11) is 0. The van der Waals surface area contributed by atoms with Gasteiger partial charge >= 0.3 is 0 Å². The van der Waals surface area contributed by atoms with E-state index in [1.165, 1.54) is 71.6 Å². The summed E-state index contributed by atoms with van der Waals surface area (Å²) in [5.74, 6) is 0. The van der Waals surface area contributed by atoms with Gasteiger partial charge in [0.2, 0.25) is 0 Å². The number of fused-ring (bicyclic) bond motifs is 11. The molecule has 1 aliphatic rings. The molecule has 2 heteroatoms. The Labute approximate surface area is 317 Å². The van der Waals surface area contributed by atoms with Crippen molar-refractivity contribution in [2.45, 2.75) is 19.3 Å². The number of hydrogen-bond donors (Lipinski definition) is 0. The second-order valence-corrected chi connectivity index (χ2v) is 15.6. The minimum atomic E-state index is -0.154. The first-order chi connectivity index (χ1) is 27.0. The molecular formula is C53H34O2. The first-order valence-corrected chi connectivity index (χ1v) is 19.1. The Morgan fingerprint density at radius 3 is 1.55 bits per heavy atom. The van der Waals surface area contributed by atoms with E-state index in [4.69, 9.17) is 8.83 Å². The first-order valence-electron chi connectivity index (χ1n) is 19.1. The van der Waals surface area contributed by atoms with Crippen LogP contribution in [0.15, 0.2) is 179 Å². The lowest BCUT2D eigenvalue weighted by atomic mass is 9.80. The van der Waals surface area contributed by atoms with Crippen molar-refractivity contribution in [2.75, 3.05) is 0 Å². The van der Waals surface area contributed by atoms with E-state index in [2.05, 4.69) is 166 Å². The molecule has 55 heavy (non-hydrogen) atoms. The third kappa shape index (κ3) is 4.31. The van der Waals surface area contributed by atoms with Gasteiger partial charge in [-0.2, -0.15) is 0 Å². The maximum absolute atomic E-state index is 6.49. The van der Waals surface area contributed by atoms with Gasteiger partial charge in [0.1, 0.15) is 22.3 Å². The summed E-state index contributed by atoms with van der Waals surface area (Å²) in [5.41, 5.74) is 16.0. The van der Waals surface area contributed by atoms with Crippen LogP contribution in [0.5, 0.6) is 0 Å². The Kier molecular flexibility index (Phi) is 6.15. The molecule has 9 aromatic carbocycles. The van der Waals surface area contributed by atoms with Crippen LogP contribution in [0.4, 0.5) is 0 Å². The van der Waals surface area contributed by atoms with Gasteiger partial charge in [-0.05, 0) is 114 Å². The van der Waals surface area contributed by atoms with Gasteiger partial charge in [0, 0.05) is 33.0 Å². The molecule has 258 valence electrons. The number of furan rings is 2. The highest BCUT2D eigenvalue weighted by molar-refractivity contribution is 6.21. The largest absolute Gasteiger partial charge is 0.456 e. The fourth-order valence-electron chi connectivity index (χ4n) is 9.62. The molecule has 0 spiro atoms. The fourth-order valence-corrected chi connectivity index (χ4v) is 9.62. The highest BCUT2D eigenvalue weighted by atomic mass is 16.3. The standard InChI is InChI=1S/C53H34O2/c1-53(2)45-25-22-32(33-20-24-37-44-29-43-36-14-10-11-19-47(36)54-49(43)30-50(44)55-48(37)28-33)26-42(45)35-23-21-34(27-46(35)53)52-40-17-8-6-15-38(40)51(31-12-4-3-5-13-31)39-16-7-9-18-41(39)52/h3-30H,1-2H3. The number of benzene rings is 9. The third-order valence-corrected chi connectivity index (χ3v) is 12.3. The zero-order valence-corrected chi connectivity index (χ0v) is 30.5. The molecule has 12 rings (SSSR count). The molecule has 0 aliphatic heterocycles. The molecular weight excluding hydrogens is 669 g/mol. The van der Waals surface area contributed by atoms with E-state index >= 15 is 0 Å². The monoisotopic (exact) mass is 702 g/mol. The predicted molar refractivity (Wildman–Crippen MR) is 230 cm³/mol. The Hall–Kier alpha value is -6.90. The van der Waals surface area contributed by atoms with Crippen molar-refractivity contribution in [1.29, 1.82) is 0 Å². The van der Waals surface area contributed by atoms with Crippen LogP contribution in [-0.2, 0) is 5.41 Å². The number of hydrogen-bond acceptors (Lipinski definition) is 2. The van der Waals surface area contributed by atoms with Gasteiger partial charge in [-0.15, -0.1) is 0 Å². The van der Waals surface area contributed by atoms with Crippen LogP contribution in [0.25, 0.3) is 110 Å². The lowest BCUT2D eigenvalue weighted by Gasteiger charge is -2.23. The van der Waals surface area contributed by atoms with Crippen LogP contribution >= 0.6 is 0 Å². The van der Waals surface area contributed by atoms with Crippen LogP contribution in [-0.4, -0.2) is 0 Å². The summed E-state index contributed by atoms with van der Waals surface area (Å²) in [6.45, 7) is 4.74. The van der Waals surface area contributed by atoms with E-state index in [-0.39, 0.29) is 5.41 Å². The molecule has 0 amide bonds. The maximum atomic E-state index is 6.49. The zero-order valence-electron chi connectivity index (χ0n) is 30.5. The molecule has 0 atom stereocenters. The predicted octanol–water partition coefficient (Wildman–Crippen LogP) is 15.1. The molecule has 2 nitrogen and oxygen atoms in total. The molecule has 1 aliphatic carbocycles. The normalized spacial score (nSPS) is 13.4. The second kappa shape index (κ2) is 11.1. The van der Waals surface area contributed by atoms with Crippen LogP contribution in [0.1, 0.15) is 25.0 Å². The molecule has 0 saturated carbocycles. The number of rotatable bonds is 3. The highest BCUT2D eigenvalue weighted by Crippen LogP contribution is 2.52. The van der Waals surface area contributed by atoms with Gasteiger partial charge in [-0.1, -0.05) is 141 Å².